The smallest absolute Gasteiger partial charge is 0.410 e. The summed E-state index contributed by atoms with van der Waals surface area (Å²) in [5, 5.41) is 3.84. The molecule has 1 aromatic carbocycles. The summed E-state index contributed by atoms with van der Waals surface area (Å²) < 4.78 is 5.22. The van der Waals surface area contributed by atoms with Gasteiger partial charge in [-0.15, -0.1) is 0 Å². The van der Waals surface area contributed by atoms with Gasteiger partial charge >= 0.3 is 6.09 Å². The Hall–Kier alpha value is -1.26. The number of carbonyl (C=O) groups is 1. The van der Waals surface area contributed by atoms with Crippen molar-refractivity contribution >= 4 is 17.7 Å². The number of ether oxygens (including phenoxy) is 1. The number of benzene rings is 1. The van der Waals surface area contributed by atoms with Gasteiger partial charge in [0.15, 0.2) is 0 Å². The number of nitrogens with one attached hydrogen (secondary N) is 1. The summed E-state index contributed by atoms with van der Waals surface area (Å²) in [4.78, 5) is 13.4. The molecule has 0 saturated carbocycles. The number of rotatable bonds is 2. The monoisotopic (exact) mass is 254 g/mol. The highest BCUT2D eigenvalue weighted by Gasteiger charge is 2.17. The Morgan fingerprint density at radius 3 is 2.88 bits per heavy atom. The summed E-state index contributed by atoms with van der Waals surface area (Å²) in [5.41, 5.74) is 0.904. The van der Waals surface area contributed by atoms with Crippen molar-refractivity contribution < 1.29 is 9.53 Å². The van der Waals surface area contributed by atoms with E-state index < -0.39 is 0 Å². The third-order valence-electron chi connectivity index (χ3n) is 2.63. The molecule has 1 aliphatic heterocycles. The Kier molecular flexibility index (Phi) is 4.23. The molecular formula is C12H15ClN2O2. The molecule has 0 aliphatic carbocycles. The van der Waals surface area contributed by atoms with Gasteiger partial charge in [0.1, 0.15) is 6.61 Å². The van der Waals surface area contributed by atoms with Crippen molar-refractivity contribution in [1.29, 1.82) is 0 Å². The van der Waals surface area contributed by atoms with E-state index in [0.29, 0.717) is 18.1 Å². The Labute approximate surface area is 106 Å². The summed E-state index contributed by atoms with van der Waals surface area (Å²) >= 11 is 5.85. The minimum absolute atomic E-state index is 0.258. The van der Waals surface area contributed by atoms with Crippen LogP contribution >= 0.6 is 11.6 Å². The van der Waals surface area contributed by atoms with Crippen LogP contribution in [0.5, 0.6) is 0 Å². The van der Waals surface area contributed by atoms with Gasteiger partial charge in [-0.05, 0) is 17.7 Å². The molecule has 0 bridgehead atoms. The number of amides is 1. The Bertz CT molecular complexity index is 392. The highest BCUT2D eigenvalue weighted by Crippen LogP contribution is 2.12. The molecule has 5 heteroatoms. The fourth-order valence-corrected chi connectivity index (χ4v) is 1.92. The average molecular weight is 255 g/mol. The predicted molar refractivity (Wildman–Crippen MR) is 66.1 cm³/mol. The topological polar surface area (TPSA) is 41.6 Å². The molecule has 1 heterocycles. The van der Waals surface area contributed by atoms with E-state index in [1.807, 2.05) is 12.1 Å². The molecule has 1 aromatic rings. The molecule has 92 valence electrons. The lowest BCUT2D eigenvalue weighted by Gasteiger charge is -2.26. The molecule has 0 radical (unpaired) electrons. The van der Waals surface area contributed by atoms with Crippen LogP contribution < -0.4 is 5.32 Å². The van der Waals surface area contributed by atoms with Crippen LogP contribution in [0.1, 0.15) is 5.56 Å². The molecule has 1 saturated heterocycles. The first kappa shape index (κ1) is 12.2. The number of halogens is 1. The highest BCUT2D eigenvalue weighted by atomic mass is 35.5. The van der Waals surface area contributed by atoms with E-state index in [0.717, 1.165) is 18.7 Å². The molecule has 2 rings (SSSR count). The number of hydrogen-bond acceptors (Lipinski definition) is 3. The van der Waals surface area contributed by atoms with Gasteiger partial charge in [-0.1, -0.05) is 23.7 Å². The first-order chi connectivity index (χ1) is 8.25. The van der Waals surface area contributed by atoms with Gasteiger partial charge in [-0.3, -0.25) is 0 Å². The van der Waals surface area contributed by atoms with E-state index in [2.05, 4.69) is 5.32 Å². The predicted octanol–water partition coefficient (Wildman–Crippen LogP) is 1.88. The van der Waals surface area contributed by atoms with Crippen LogP contribution in [-0.4, -0.2) is 37.2 Å². The molecule has 17 heavy (non-hydrogen) atoms. The van der Waals surface area contributed by atoms with Crippen LogP contribution in [0, 0.1) is 0 Å². The maximum Gasteiger partial charge on any atom is 0.410 e. The third-order valence-corrected chi connectivity index (χ3v) is 2.86. The lowest BCUT2D eigenvalue weighted by Crippen LogP contribution is -2.46. The number of hydrogen-bond donors (Lipinski definition) is 1. The van der Waals surface area contributed by atoms with Crippen molar-refractivity contribution in [1.82, 2.24) is 10.2 Å². The van der Waals surface area contributed by atoms with E-state index in [9.17, 15) is 4.79 Å². The summed E-state index contributed by atoms with van der Waals surface area (Å²) in [7, 11) is 0. The highest BCUT2D eigenvalue weighted by molar-refractivity contribution is 6.30. The fourth-order valence-electron chi connectivity index (χ4n) is 1.71. The van der Waals surface area contributed by atoms with E-state index in [1.165, 1.54) is 0 Å². The Balaban J connectivity index is 1.83. The van der Waals surface area contributed by atoms with Crippen LogP contribution in [0.2, 0.25) is 5.02 Å². The molecule has 1 amide bonds. The van der Waals surface area contributed by atoms with Crippen molar-refractivity contribution in [2.75, 3.05) is 26.2 Å². The Morgan fingerprint density at radius 2 is 2.18 bits per heavy atom. The minimum Gasteiger partial charge on any atom is -0.445 e. The van der Waals surface area contributed by atoms with Crippen LogP contribution in [0.4, 0.5) is 4.79 Å². The lowest BCUT2D eigenvalue weighted by molar-refractivity contribution is 0.0918. The first-order valence-electron chi connectivity index (χ1n) is 5.62. The molecule has 0 atom stereocenters. The fraction of sp³-hybridized carbons (Fsp3) is 0.417. The van der Waals surface area contributed by atoms with Gasteiger partial charge in [0.2, 0.25) is 0 Å². The van der Waals surface area contributed by atoms with Crippen LogP contribution in [0.3, 0.4) is 0 Å². The van der Waals surface area contributed by atoms with Crippen LogP contribution in [0.25, 0.3) is 0 Å². The van der Waals surface area contributed by atoms with Gasteiger partial charge in [-0.2, -0.15) is 0 Å². The van der Waals surface area contributed by atoms with Gasteiger partial charge in [0, 0.05) is 31.2 Å². The number of carbonyl (C=O) groups excluding carboxylic acids is 1. The molecule has 1 aliphatic rings. The van der Waals surface area contributed by atoms with E-state index in [1.54, 1.807) is 17.0 Å². The van der Waals surface area contributed by atoms with Crippen molar-refractivity contribution in [3.05, 3.63) is 34.9 Å². The zero-order chi connectivity index (χ0) is 12.1. The second-order valence-electron chi connectivity index (χ2n) is 3.92. The van der Waals surface area contributed by atoms with Crippen LogP contribution in [-0.2, 0) is 11.3 Å². The normalized spacial score (nSPS) is 15.7. The number of nitrogens with zero attached hydrogens (tertiary/aromatic N) is 1. The number of piperazine rings is 1. The van der Waals surface area contributed by atoms with Gasteiger partial charge in [0.25, 0.3) is 0 Å². The maximum atomic E-state index is 11.7. The standard InChI is InChI=1S/C12H15ClN2O2/c13-11-3-1-2-10(8-11)9-17-12(16)15-6-4-14-5-7-15/h1-3,8,14H,4-7,9H2. The zero-order valence-corrected chi connectivity index (χ0v) is 10.2. The molecule has 0 spiro atoms. The lowest BCUT2D eigenvalue weighted by atomic mass is 10.2. The summed E-state index contributed by atoms with van der Waals surface area (Å²) in [6.45, 7) is 3.32. The minimum atomic E-state index is -0.258. The summed E-state index contributed by atoms with van der Waals surface area (Å²) in [6.07, 6.45) is -0.258. The average Bonchev–Trinajstić information content (AvgIpc) is 2.37. The van der Waals surface area contributed by atoms with Crippen molar-refractivity contribution in [2.45, 2.75) is 6.61 Å². The third kappa shape index (κ3) is 3.61. The molecule has 0 aromatic heterocycles. The van der Waals surface area contributed by atoms with Gasteiger partial charge < -0.3 is 15.0 Å². The van der Waals surface area contributed by atoms with E-state index >= 15 is 0 Å². The summed E-state index contributed by atoms with van der Waals surface area (Å²) in [6, 6.07) is 7.32. The van der Waals surface area contributed by atoms with Crippen LogP contribution in [0.15, 0.2) is 24.3 Å². The molecule has 4 nitrogen and oxygen atoms in total. The summed E-state index contributed by atoms with van der Waals surface area (Å²) in [5.74, 6) is 0. The zero-order valence-electron chi connectivity index (χ0n) is 9.49. The van der Waals surface area contributed by atoms with Crippen molar-refractivity contribution in [3.63, 3.8) is 0 Å². The second kappa shape index (κ2) is 5.89. The van der Waals surface area contributed by atoms with Gasteiger partial charge in [-0.25, -0.2) is 4.79 Å². The second-order valence-corrected chi connectivity index (χ2v) is 4.36. The molecule has 0 unspecified atom stereocenters. The molecule has 1 fully saturated rings. The SMILES string of the molecule is O=C(OCc1cccc(Cl)c1)N1CCNCC1. The van der Waals surface area contributed by atoms with Crippen molar-refractivity contribution in [2.24, 2.45) is 0 Å². The first-order valence-corrected chi connectivity index (χ1v) is 6.00. The quantitative estimate of drug-likeness (QED) is 0.876. The van der Waals surface area contributed by atoms with E-state index in [4.69, 9.17) is 16.3 Å². The van der Waals surface area contributed by atoms with E-state index in [-0.39, 0.29) is 12.7 Å². The maximum absolute atomic E-state index is 11.7. The molecule has 1 N–H and O–H groups in total. The van der Waals surface area contributed by atoms with Gasteiger partial charge in [0.05, 0.1) is 0 Å². The largest absolute Gasteiger partial charge is 0.445 e. The van der Waals surface area contributed by atoms with Crippen molar-refractivity contribution in [3.8, 4) is 0 Å². The molecular weight excluding hydrogens is 240 g/mol. The Morgan fingerprint density at radius 1 is 1.41 bits per heavy atom.